The SMILES string of the molecule is CC(=O)c1ccc(NC(=O)[C@H]2CC(=O)N(c3cc(C)ccc3C)C2)cc1. The van der Waals surface area contributed by atoms with E-state index >= 15 is 0 Å². The third-order valence-electron chi connectivity index (χ3n) is 4.71. The number of aryl methyl sites for hydroxylation is 2. The molecule has 1 heterocycles. The number of ketones is 1. The lowest BCUT2D eigenvalue weighted by Gasteiger charge is -2.19. The first-order chi connectivity index (χ1) is 12.3. The van der Waals surface area contributed by atoms with E-state index in [1.54, 1.807) is 29.2 Å². The molecule has 1 aliphatic rings. The zero-order chi connectivity index (χ0) is 18.8. The first kappa shape index (κ1) is 17.9. The Balaban J connectivity index is 1.70. The lowest BCUT2D eigenvalue weighted by atomic mass is 10.1. The van der Waals surface area contributed by atoms with Crippen molar-refractivity contribution in [3.63, 3.8) is 0 Å². The van der Waals surface area contributed by atoms with Crippen molar-refractivity contribution in [2.75, 3.05) is 16.8 Å². The van der Waals surface area contributed by atoms with Gasteiger partial charge in [0, 0.05) is 29.9 Å². The van der Waals surface area contributed by atoms with Gasteiger partial charge in [-0.2, -0.15) is 0 Å². The third kappa shape index (κ3) is 3.67. The van der Waals surface area contributed by atoms with E-state index in [9.17, 15) is 14.4 Å². The van der Waals surface area contributed by atoms with E-state index in [1.165, 1.54) is 6.92 Å². The summed E-state index contributed by atoms with van der Waals surface area (Å²) in [6.45, 7) is 5.82. The molecule has 0 aromatic heterocycles. The van der Waals surface area contributed by atoms with Crippen LogP contribution < -0.4 is 10.2 Å². The van der Waals surface area contributed by atoms with Crippen LogP contribution in [0.4, 0.5) is 11.4 Å². The molecule has 2 amide bonds. The van der Waals surface area contributed by atoms with Gasteiger partial charge in [0.25, 0.3) is 0 Å². The van der Waals surface area contributed by atoms with Crippen molar-refractivity contribution in [2.24, 2.45) is 5.92 Å². The van der Waals surface area contributed by atoms with Crippen LogP contribution in [0.5, 0.6) is 0 Å². The molecule has 5 heteroatoms. The normalized spacial score (nSPS) is 16.7. The van der Waals surface area contributed by atoms with Gasteiger partial charge in [0.1, 0.15) is 0 Å². The average Bonchev–Trinajstić information content (AvgIpc) is 2.99. The van der Waals surface area contributed by atoms with Gasteiger partial charge in [-0.1, -0.05) is 12.1 Å². The molecule has 0 aliphatic carbocycles. The topological polar surface area (TPSA) is 66.5 Å². The zero-order valence-electron chi connectivity index (χ0n) is 15.2. The second-order valence-corrected chi connectivity index (χ2v) is 6.82. The Morgan fingerprint density at radius 2 is 1.77 bits per heavy atom. The quantitative estimate of drug-likeness (QED) is 0.858. The summed E-state index contributed by atoms with van der Waals surface area (Å²) in [6, 6.07) is 12.7. The van der Waals surface area contributed by atoms with Gasteiger partial charge in [0.05, 0.1) is 5.92 Å². The van der Waals surface area contributed by atoms with Crippen molar-refractivity contribution in [1.82, 2.24) is 0 Å². The smallest absolute Gasteiger partial charge is 0.229 e. The zero-order valence-corrected chi connectivity index (χ0v) is 15.2. The van der Waals surface area contributed by atoms with Crippen LogP contribution in [0.1, 0.15) is 34.8 Å². The van der Waals surface area contributed by atoms with Crippen molar-refractivity contribution in [3.8, 4) is 0 Å². The Hall–Kier alpha value is -2.95. The van der Waals surface area contributed by atoms with Gasteiger partial charge in [0.15, 0.2) is 5.78 Å². The molecule has 0 unspecified atom stereocenters. The van der Waals surface area contributed by atoms with Crippen LogP contribution in [-0.4, -0.2) is 24.1 Å². The number of amides is 2. The lowest BCUT2D eigenvalue weighted by Crippen LogP contribution is -2.28. The molecular formula is C21H22N2O3. The molecule has 26 heavy (non-hydrogen) atoms. The summed E-state index contributed by atoms with van der Waals surface area (Å²) in [7, 11) is 0. The molecule has 1 atom stereocenters. The van der Waals surface area contributed by atoms with Crippen molar-refractivity contribution < 1.29 is 14.4 Å². The first-order valence-electron chi connectivity index (χ1n) is 8.64. The number of carbonyl (C=O) groups is 3. The molecule has 0 radical (unpaired) electrons. The van der Waals surface area contributed by atoms with E-state index in [-0.39, 0.29) is 24.0 Å². The van der Waals surface area contributed by atoms with Crippen molar-refractivity contribution in [2.45, 2.75) is 27.2 Å². The minimum absolute atomic E-state index is 0.0200. The monoisotopic (exact) mass is 350 g/mol. The Morgan fingerprint density at radius 3 is 2.42 bits per heavy atom. The highest BCUT2D eigenvalue weighted by Crippen LogP contribution is 2.29. The van der Waals surface area contributed by atoms with Gasteiger partial charge in [-0.25, -0.2) is 0 Å². The molecule has 3 rings (SSSR count). The van der Waals surface area contributed by atoms with E-state index in [4.69, 9.17) is 0 Å². The Morgan fingerprint density at radius 1 is 1.08 bits per heavy atom. The second kappa shape index (κ2) is 7.12. The summed E-state index contributed by atoms with van der Waals surface area (Å²) in [6.07, 6.45) is 0.199. The first-order valence-corrected chi connectivity index (χ1v) is 8.64. The van der Waals surface area contributed by atoms with Crippen molar-refractivity contribution >= 4 is 29.0 Å². The summed E-state index contributed by atoms with van der Waals surface area (Å²) < 4.78 is 0. The van der Waals surface area contributed by atoms with Gasteiger partial charge in [-0.05, 0) is 62.2 Å². The third-order valence-corrected chi connectivity index (χ3v) is 4.71. The summed E-state index contributed by atoms with van der Waals surface area (Å²) in [4.78, 5) is 38.0. The van der Waals surface area contributed by atoms with Gasteiger partial charge in [0.2, 0.25) is 11.8 Å². The van der Waals surface area contributed by atoms with Crippen LogP contribution in [-0.2, 0) is 9.59 Å². The molecule has 0 bridgehead atoms. The number of hydrogen-bond acceptors (Lipinski definition) is 3. The van der Waals surface area contributed by atoms with E-state index in [2.05, 4.69) is 5.32 Å². The maximum absolute atomic E-state index is 12.6. The standard InChI is InChI=1S/C21H22N2O3/c1-13-4-5-14(2)19(10-13)23-12-17(11-20(23)25)21(26)22-18-8-6-16(7-9-18)15(3)24/h4-10,17H,11-12H2,1-3H3,(H,22,26)/t17-/m0/s1. The molecule has 0 saturated carbocycles. The molecule has 2 aromatic rings. The van der Waals surface area contributed by atoms with Crippen LogP contribution >= 0.6 is 0 Å². The highest BCUT2D eigenvalue weighted by atomic mass is 16.2. The van der Waals surface area contributed by atoms with Gasteiger partial charge >= 0.3 is 0 Å². The molecule has 134 valence electrons. The Labute approximate surface area is 153 Å². The van der Waals surface area contributed by atoms with Gasteiger partial charge < -0.3 is 10.2 Å². The largest absolute Gasteiger partial charge is 0.326 e. The summed E-state index contributed by atoms with van der Waals surface area (Å²) in [5.74, 6) is -0.629. The number of benzene rings is 2. The Kier molecular flexibility index (Phi) is 4.89. The molecular weight excluding hydrogens is 328 g/mol. The average molecular weight is 350 g/mol. The molecule has 1 fully saturated rings. The van der Waals surface area contributed by atoms with E-state index < -0.39 is 5.92 Å². The highest BCUT2D eigenvalue weighted by molar-refractivity contribution is 6.04. The van der Waals surface area contributed by atoms with E-state index in [0.29, 0.717) is 17.8 Å². The molecule has 0 spiro atoms. The van der Waals surface area contributed by atoms with Crippen LogP contribution in [0.2, 0.25) is 0 Å². The summed E-state index contributed by atoms with van der Waals surface area (Å²) >= 11 is 0. The van der Waals surface area contributed by atoms with Crippen LogP contribution in [0.3, 0.4) is 0 Å². The maximum Gasteiger partial charge on any atom is 0.229 e. The fourth-order valence-corrected chi connectivity index (χ4v) is 3.16. The van der Waals surface area contributed by atoms with Crippen molar-refractivity contribution in [1.29, 1.82) is 0 Å². The van der Waals surface area contributed by atoms with Gasteiger partial charge in [-0.15, -0.1) is 0 Å². The number of Topliss-reactive ketones (excluding diaryl/α,β-unsaturated/α-hetero) is 1. The van der Waals surface area contributed by atoms with E-state index in [0.717, 1.165) is 16.8 Å². The number of carbonyl (C=O) groups excluding carboxylic acids is 3. The molecule has 1 saturated heterocycles. The number of rotatable bonds is 4. The number of hydrogen-bond donors (Lipinski definition) is 1. The minimum atomic E-state index is -0.394. The minimum Gasteiger partial charge on any atom is -0.326 e. The maximum atomic E-state index is 12.6. The predicted octanol–water partition coefficient (Wildman–Crippen LogP) is 3.50. The fraction of sp³-hybridized carbons (Fsp3) is 0.286. The molecule has 1 N–H and O–H groups in total. The second-order valence-electron chi connectivity index (χ2n) is 6.82. The highest BCUT2D eigenvalue weighted by Gasteiger charge is 2.35. The lowest BCUT2D eigenvalue weighted by molar-refractivity contribution is -0.122. The van der Waals surface area contributed by atoms with Gasteiger partial charge in [-0.3, -0.25) is 14.4 Å². The fourth-order valence-electron chi connectivity index (χ4n) is 3.16. The molecule has 2 aromatic carbocycles. The summed E-state index contributed by atoms with van der Waals surface area (Å²) in [5.41, 5.74) is 4.19. The molecule has 5 nitrogen and oxygen atoms in total. The van der Waals surface area contributed by atoms with Crippen molar-refractivity contribution in [3.05, 3.63) is 59.2 Å². The predicted molar refractivity (Wildman–Crippen MR) is 101 cm³/mol. The number of nitrogens with one attached hydrogen (secondary N) is 1. The Bertz CT molecular complexity index is 871. The van der Waals surface area contributed by atoms with Crippen LogP contribution in [0, 0.1) is 19.8 Å². The molecule has 1 aliphatic heterocycles. The number of anilines is 2. The number of nitrogens with zero attached hydrogens (tertiary/aromatic N) is 1. The van der Waals surface area contributed by atoms with E-state index in [1.807, 2.05) is 32.0 Å². The van der Waals surface area contributed by atoms with Crippen LogP contribution in [0.25, 0.3) is 0 Å². The summed E-state index contributed by atoms with van der Waals surface area (Å²) in [5, 5.41) is 2.84. The van der Waals surface area contributed by atoms with Crippen LogP contribution in [0.15, 0.2) is 42.5 Å².